The molecule has 1 fully saturated rings. The molecule has 19 heavy (non-hydrogen) atoms. The molecule has 0 radical (unpaired) electrons. The highest BCUT2D eigenvalue weighted by molar-refractivity contribution is 5.94. The van der Waals surface area contributed by atoms with E-state index in [0.717, 1.165) is 49.3 Å². The van der Waals surface area contributed by atoms with Crippen LogP contribution in [0.2, 0.25) is 0 Å². The lowest BCUT2D eigenvalue weighted by Gasteiger charge is -2.26. The van der Waals surface area contributed by atoms with Crippen LogP contribution in [0.4, 0.5) is 5.69 Å². The van der Waals surface area contributed by atoms with Crippen molar-refractivity contribution in [2.24, 2.45) is 0 Å². The summed E-state index contributed by atoms with van der Waals surface area (Å²) >= 11 is 0. The molecule has 1 aliphatic heterocycles. The van der Waals surface area contributed by atoms with Crippen LogP contribution in [-0.4, -0.2) is 23.9 Å². The molecule has 1 amide bonds. The van der Waals surface area contributed by atoms with Crippen molar-refractivity contribution in [1.82, 2.24) is 4.90 Å². The van der Waals surface area contributed by atoms with Gasteiger partial charge in [0.15, 0.2) is 0 Å². The van der Waals surface area contributed by atoms with Crippen molar-refractivity contribution in [3.63, 3.8) is 0 Å². The summed E-state index contributed by atoms with van der Waals surface area (Å²) in [6.07, 6.45) is 4.39. The molecule has 0 aliphatic carbocycles. The second-order valence-electron chi connectivity index (χ2n) is 5.01. The van der Waals surface area contributed by atoms with Crippen molar-refractivity contribution in [3.05, 3.63) is 42.1 Å². The zero-order valence-electron chi connectivity index (χ0n) is 11.6. The molecule has 1 aromatic carbocycles. The van der Waals surface area contributed by atoms with Crippen LogP contribution in [0, 0.1) is 0 Å². The quantitative estimate of drug-likeness (QED) is 0.894. The van der Waals surface area contributed by atoms with Crippen molar-refractivity contribution < 1.29 is 4.79 Å². The summed E-state index contributed by atoms with van der Waals surface area (Å²) in [5.41, 5.74) is 2.74. The SMILES string of the molecule is C=C(CC)Nc1ccc(C(=O)N2CCCCC2)cc1. The number of hydrogen-bond acceptors (Lipinski definition) is 2. The van der Waals surface area contributed by atoms with Gasteiger partial charge in [0.05, 0.1) is 0 Å². The summed E-state index contributed by atoms with van der Waals surface area (Å²) in [4.78, 5) is 14.2. The van der Waals surface area contributed by atoms with Gasteiger partial charge in [-0.05, 0) is 49.9 Å². The molecule has 3 nitrogen and oxygen atoms in total. The lowest BCUT2D eigenvalue weighted by atomic mass is 10.1. The Morgan fingerprint density at radius 2 is 1.84 bits per heavy atom. The van der Waals surface area contributed by atoms with Crippen LogP contribution in [0.5, 0.6) is 0 Å². The summed E-state index contributed by atoms with van der Waals surface area (Å²) in [5, 5.41) is 3.22. The van der Waals surface area contributed by atoms with Crippen molar-refractivity contribution in [2.75, 3.05) is 18.4 Å². The standard InChI is InChI=1S/C16H22N2O/c1-3-13(2)17-15-9-7-14(8-10-15)16(19)18-11-5-4-6-12-18/h7-10,17H,2-6,11-12H2,1H3. The van der Waals surface area contributed by atoms with E-state index in [1.807, 2.05) is 29.2 Å². The van der Waals surface area contributed by atoms with E-state index in [2.05, 4.69) is 18.8 Å². The zero-order valence-corrected chi connectivity index (χ0v) is 11.6. The monoisotopic (exact) mass is 258 g/mol. The van der Waals surface area contributed by atoms with Crippen molar-refractivity contribution in [1.29, 1.82) is 0 Å². The maximum atomic E-state index is 12.3. The van der Waals surface area contributed by atoms with Gasteiger partial charge in [-0.1, -0.05) is 13.5 Å². The first-order valence-electron chi connectivity index (χ1n) is 7.05. The number of nitrogens with zero attached hydrogens (tertiary/aromatic N) is 1. The van der Waals surface area contributed by atoms with Crippen LogP contribution in [0.1, 0.15) is 43.0 Å². The van der Waals surface area contributed by atoms with E-state index in [4.69, 9.17) is 0 Å². The number of rotatable bonds is 4. The van der Waals surface area contributed by atoms with Gasteiger partial charge in [0.1, 0.15) is 0 Å². The third-order valence-corrected chi connectivity index (χ3v) is 3.52. The molecule has 102 valence electrons. The maximum Gasteiger partial charge on any atom is 0.253 e. The largest absolute Gasteiger partial charge is 0.359 e. The number of allylic oxidation sites excluding steroid dienone is 1. The number of anilines is 1. The third kappa shape index (κ3) is 3.60. The van der Waals surface area contributed by atoms with E-state index in [0.29, 0.717) is 0 Å². The van der Waals surface area contributed by atoms with Gasteiger partial charge in [-0.25, -0.2) is 0 Å². The molecular weight excluding hydrogens is 236 g/mol. The molecule has 1 heterocycles. The van der Waals surface area contributed by atoms with Gasteiger partial charge in [0, 0.05) is 30.0 Å². The number of amides is 1. The van der Waals surface area contributed by atoms with Crippen molar-refractivity contribution in [3.8, 4) is 0 Å². The van der Waals surface area contributed by atoms with Gasteiger partial charge in [-0.3, -0.25) is 4.79 Å². The predicted molar refractivity (Wildman–Crippen MR) is 79.3 cm³/mol. The van der Waals surface area contributed by atoms with E-state index in [9.17, 15) is 4.79 Å². The Labute approximate surface area is 115 Å². The summed E-state index contributed by atoms with van der Waals surface area (Å²) in [7, 11) is 0. The third-order valence-electron chi connectivity index (χ3n) is 3.52. The molecule has 0 aromatic heterocycles. The van der Waals surface area contributed by atoms with E-state index in [1.165, 1.54) is 6.42 Å². The van der Waals surface area contributed by atoms with Gasteiger partial charge < -0.3 is 10.2 Å². The molecule has 1 N–H and O–H groups in total. The van der Waals surface area contributed by atoms with Crippen LogP contribution in [-0.2, 0) is 0 Å². The molecule has 1 aliphatic rings. The highest BCUT2D eigenvalue weighted by Crippen LogP contribution is 2.16. The topological polar surface area (TPSA) is 32.3 Å². The van der Waals surface area contributed by atoms with Gasteiger partial charge in [-0.2, -0.15) is 0 Å². The fraction of sp³-hybridized carbons (Fsp3) is 0.438. The Morgan fingerprint density at radius 3 is 2.42 bits per heavy atom. The molecule has 0 saturated carbocycles. The van der Waals surface area contributed by atoms with Crippen LogP contribution >= 0.6 is 0 Å². The minimum atomic E-state index is 0.153. The maximum absolute atomic E-state index is 12.3. The first-order chi connectivity index (χ1) is 9.20. The number of nitrogens with one attached hydrogen (secondary N) is 1. The van der Waals surface area contributed by atoms with Crippen LogP contribution in [0.15, 0.2) is 36.5 Å². The Bertz CT molecular complexity index is 444. The van der Waals surface area contributed by atoms with Crippen LogP contribution < -0.4 is 5.32 Å². The fourth-order valence-electron chi connectivity index (χ4n) is 2.27. The Hall–Kier alpha value is -1.77. The number of carbonyl (C=O) groups excluding carboxylic acids is 1. The van der Waals surface area contributed by atoms with Crippen molar-refractivity contribution in [2.45, 2.75) is 32.6 Å². The second kappa shape index (κ2) is 6.41. The van der Waals surface area contributed by atoms with E-state index >= 15 is 0 Å². The lowest BCUT2D eigenvalue weighted by molar-refractivity contribution is 0.0724. The van der Waals surface area contributed by atoms with E-state index in [1.54, 1.807) is 0 Å². The minimum absolute atomic E-state index is 0.153. The highest BCUT2D eigenvalue weighted by Gasteiger charge is 2.17. The molecule has 0 spiro atoms. The van der Waals surface area contributed by atoms with Gasteiger partial charge in [0.2, 0.25) is 0 Å². The average molecular weight is 258 g/mol. The molecule has 1 saturated heterocycles. The van der Waals surface area contributed by atoms with Crippen LogP contribution in [0.3, 0.4) is 0 Å². The summed E-state index contributed by atoms with van der Waals surface area (Å²) in [6.45, 7) is 7.76. The Morgan fingerprint density at radius 1 is 1.21 bits per heavy atom. The molecule has 0 unspecified atom stereocenters. The van der Waals surface area contributed by atoms with Crippen molar-refractivity contribution >= 4 is 11.6 Å². The van der Waals surface area contributed by atoms with E-state index in [-0.39, 0.29) is 5.91 Å². The Balaban J connectivity index is 2.01. The van der Waals surface area contributed by atoms with Gasteiger partial charge in [-0.15, -0.1) is 0 Å². The zero-order chi connectivity index (χ0) is 13.7. The first-order valence-corrected chi connectivity index (χ1v) is 7.05. The lowest BCUT2D eigenvalue weighted by Crippen LogP contribution is -2.35. The number of carbonyl (C=O) groups is 1. The van der Waals surface area contributed by atoms with E-state index < -0.39 is 0 Å². The second-order valence-corrected chi connectivity index (χ2v) is 5.01. The molecule has 0 bridgehead atoms. The summed E-state index contributed by atoms with van der Waals surface area (Å²) < 4.78 is 0. The first kappa shape index (κ1) is 13.7. The van der Waals surface area contributed by atoms with Gasteiger partial charge >= 0.3 is 0 Å². The highest BCUT2D eigenvalue weighted by atomic mass is 16.2. The minimum Gasteiger partial charge on any atom is -0.359 e. The number of piperidine rings is 1. The number of benzene rings is 1. The predicted octanol–water partition coefficient (Wildman–Crippen LogP) is 3.65. The van der Waals surface area contributed by atoms with Crippen LogP contribution in [0.25, 0.3) is 0 Å². The summed E-state index contributed by atoms with van der Waals surface area (Å²) in [5.74, 6) is 0.153. The number of likely N-dealkylation sites (tertiary alicyclic amines) is 1. The molecule has 3 heteroatoms. The molecule has 2 rings (SSSR count). The summed E-state index contributed by atoms with van der Waals surface area (Å²) in [6, 6.07) is 7.67. The smallest absolute Gasteiger partial charge is 0.253 e. The average Bonchev–Trinajstić information content (AvgIpc) is 2.48. The van der Waals surface area contributed by atoms with Gasteiger partial charge in [0.25, 0.3) is 5.91 Å². The molecule has 1 aromatic rings. The number of hydrogen-bond donors (Lipinski definition) is 1. The molecule has 0 atom stereocenters. The fourth-order valence-corrected chi connectivity index (χ4v) is 2.27. The normalized spacial score (nSPS) is 15.1. The Kier molecular flexibility index (Phi) is 4.61. The molecular formula is C16H22N2O.